The lowest BCUT2D eigenvalue weighted by Crippen LogP contribution is -2.10. The van der Waals surface area contributed by atoms with Gasteiger partial charge in [0.05, 0.1) is 19.8 Å². The van der Waals surface area contributed by atoms with Crippen LogP contribution in [0, 0.1) is 0 Å². The van der Waals surface area contributed by atoms with Crippen LogP contribution in [0.4, 0.5) is 0 Å². The fourth-order valence-electron chi connectivity index (χ4n) is 7.93. The minimum atomic E-state index is 0.323. The van der Waals surface area contributed by atoms with Crippen LogP contribution >= 0.6 is 35.3 Å². The van der Waals surface area contributed by atoms with E-state index in [-0.39, 0.29) is 0 Å². The van der Waals surface area contributed by atoms with Crippen molar-refractivity contribution in [1.29, 1.82) is 0 Å². The second kappa shape index (κ2) is 52.4. The molecule has 0 aliphatic heterocycles. The molecule has 1 heterocycles. The summed E-state index contributed by atoms with van der Waals surface area (Å²) in [6.07, 6.45) is 53.5. The molecule has 372 valence electrons. The summed E-state index contributed by atoms with van der Waals surface area (Å²) in [5, 5.41) is 0. The molecule has 0 N–H and O–H groups in total. The van der Waals surface area contributed by atoms with Crippen LogP contribution < -0.4 is 14.2 Å². The van der Waals surface area contributed by atoms with Crippen LogP contribution in [0.5, 0.6) is 18.0 Å². The highest BCUT2D eigenvalue weighted by atomic mass is 32.2. The van der Waals surface area contributed by atoms with Crippen LogP contribution in [0.3, 0.4) is 0 Å². The van der Waals surface area contributed by atoms with Crippen molar-refractivity contribution in [2.45, 2.75) is 271 Å². The third-order valence-electron chi connectivity index (χ3n) is 12.0. The van der Waals surface area contributed by atoms with Gasteiger partial charge in [0.1, 0.15) is 0 Å². The highest BCUT2D eigenvalue weighted by Gasteiger charge is 2.11. The zero-order valence-electron chi connectivity index (χ0n) is 42.2. The smallest absolute Gasteiger partial charge is 0.325 e. The Morgan fingerprint density at radius 2 is 0.413 bits per heavy atom. The molecule has 0 spiro atoms. The topological polar surface area (TPSA) is 66.4 Å². The minimum Gasteiger partial charge on any atom is -0.463 e. The molecule has 0 radical (unpaired) electrons. The molecule has 0 saturated carbocycles. The van der Waals surface area contributed by atoms with Gasteiger partial charge in [0.25, 0.3) is 0 Å². The van der Waals surface area contributed by atoms with Crippen molar-refractivity contribution in [1.82, 2.24) is 15.0 Å². The van der Waals surface area contributed by atoms with Gasteiger partial charge in [-0.05, 0) is 73.0 Å². The first-order valence-corrected chi connectivity index (χ1v) is 31.1. The number of hydrogen-bond acceptors (Lipinski definition) is 9. The van der Waals surface area contributed by atoms with E-state index < -0.39 is 0 Å². The molecule has 1 aromatic rings. The highest BCUT2D eigenvalue weighted by molar-refractivity contribution is 7.99. The van der Waals surface area contributed by atoms with Gasteiger partial charge >= 0.3 is 18.0 Å². The van der Waals surface area contributed by atoms with E-state index >= 15 is 0 Å². The number of aromatic nitrogens is 3. The summed E-state index contributed by atoms with van der Waals surface area (Å²) >= 11 is 6.14. The minimum absolute atomic E-state index is 0.323. The number of rotatable bonds is 54. The Morgan fingerprint density at radius 1 is 0.238 bits per heavy atom. The van der Waals surface area contributed by atoms with Crippen molar-refractivity contribution in [2.24, 2.45) is 0 Å². The first-order chi connectivity index (χ1) is 31.3. The Labute approximate surface area is 405 Å². The third kappa shape index (κ3) is 46.4. The maximum atomic E-state index is 6.04. The molecular formula is C54H105N3O3S3. The lowest BCUT2D eigenvalue weighted by atomic mass is 10.1. The predicted molar refractivity (Wildman–Crippen MR) is 285 cm³/mol. The largest absolute Gasteiger partial charge is 0.463 e. The lowest BCUT2D eigenvalue weighted by Gasteiger charge is -2.10. The zero-order valence-corrected chi connectivity index (χ0v) is 44.7. The maximum Gasteiger partial charge on any atom is 0.325 e. The Morgan fingerprint density at radius 3 is 0.619 bits per heavy atom. The van der Waals surface area contributed by atoms with Gasteiger partial charge in [-0.1, -0.05) is 233 Å². The molecule has 0 aromatic carbocycles. The van der Waals surface area contributed by atoms with Crippen LogP contribution in [0.15, 0.2) is 0 Å². The molecule has 0 aliphatic rings. The van der Waals surface area contributed by atoms with Crippen molar-refractivity contribution in [2.75, 3.05) is 54.3 Å². The van der Waals surface area contributed by atoms with Crippen molar-refractivity contribution < 1.29 is 14.2 Å². The van der Waals surface area contributed by atoms with E-state index in [2.05, 4.69) is 35.7 Å². The second-order valence-electron chi connectivity index (χ2n) is 18.3. The predicted octanol–water partition coefficient (Wildman–Crippen LogP) is 18.5. The average Bonchev–Trinajstić information content (AvgIpc) is 3.29. The molecule has 0 atom stereocenters. The Hall–Kier alpha value is -0.540. The van der Waals surface area contributed by atoms with Gasteiger partial charge in [-0.15, -0.1) is 15.0 Å². The number of ether oxygens (including phenoxy) is 3. The first-order valence-electron chi connectivity index (χ1n) is 27.7. The first kappa shape index (κ1) is 60.5. The maximum absolute atomic E-state index is 6.04. The van der Waals surface area contributed by atoms with Crippen LogP contribution in [0.1, 0.15) is 271 Å². The summed E-state index contributed by atoms with van der Waals surface area (Å²) in [6.45, 7) is 8.68. The molecule has 0 unspecified atom stereocenters. The number of thioether (sulfide) groups is 3. The summed E-state index contributed by atoms with van der Waals surface area (Å²) in [6, 6.07) is 0.968. The van der Waals surface area contributed by atoms with Gasteiger partial charge in [0, 0.05) is 0 Å². The fraction of sp³-hybridized carbons (Fsp3) is 0.944. The van der Waals surface area contributed by atoms with E-state index in [9.17, 15) is 0 Å². The fourth-order valence-corrected chi connectivity index (χ4v) is 10.7. The molecule has 1 rings (SSSR count). The van der Waals surface area contributed by atoms with E-state index in [0.29, 0.717) is 37.9 Å². The van der Waals surface area contributed by atoms with Gasteiger partial charge in [0.15, 0.2) is 0 Å². The van der Waals surface area contributed by atoms with Crippen molar-refractivity contribution in [3.05, 3.63) is 0 Å². The molecule has 0 saturated heterocycles. The van der Waals surface area contributed by atoms with Crippen molar-refractivity contribution >= 4 is 35.3 Å². The lowest BCUT2D eigenvalue weighted by molar-refractivity contribution is 0.236. The summed E-state index contributed by atoms with van der Waals surface area (Å²) in [7, 11) is 0. The van der Waals surface area contributed by atoms with Gasteiger partial charge in [-0.25, -0.2) is 0 Å². The van der Waals surface area contributed by atoms with Gasteiger partial charge in [0.2, 0.25) is 0 Å². The van der Waals surface area contributed by atoms with Gasteiger partial charge in [-0.3, -0.25) is 0 Å². The van der Waals surface area contributed by atoms with E-state index in [1.807, 2.05) is 35.3 Å². The SMILES string of the molecule is CCCCCCCCCCCCCCSCCCOc1nc(OCCCSCCCCCCCCCCCCCC)nc(OCCCSCCCCCCCCCCCCCC)n1. The van der Waals surface area contributed by atoms with Crippen LogP contribution in [0.25, 0.3) is 0 Å². The zero-order chi connectivity index (χ0) is 45.0. The monoisotopic (exact) mass is 940 g/mol. The molecule has 1 aromatic heterocycles. The van der Waals surface area contributed by atoms with E-state index in [4.69, 9.17) is 14.2 Å². The van der Waals surface area contributed by atoms with Gasteiger partial charge < -0.3 is 14.2 Å². The Bertz CT molecular complexity index is 890. The van der Waals surface area contributed by atoms with Crippen LogP contribution in [-0.2, 0) is 0 Å². The normalized spacial score (nSPS) is 11.5. The molecule has 63 heavy (non-hydrogen) atoms. The van der Waals surface area contributed by atoms with E-state index in [1.165, 1.54) is 248 Å². The summed E-state index contributed by atoms with van der Waals surface area (Å²) < 4.78 is 18.1. The molecule has 0 fully saturated rings. The number of unbranched alkanes of at least 4 members (excludes halogenated alkanes) is 33. The van der Waals surface area contributed by atoms with Crippen LogP contribution in [-0.4, -0.2) is 69.3 Å². The molecule has 9 heteroatoms. The highest BCUT2D eigenvalue weighted by Crippen LogP contribution is 2.19. The third-order valence-corrected chi connectivity index (χ3v) is 15.5. The molecule has 0 aliphatic carbocycles. The number of hydrogen-bond donors (Lipinski definition) is 0. The summed E-state index contributed by atoms with van der Waals surface area (Å²) in [5.41, 5.74) is 0. The standard InChI is InChI=1S/C54H105N3O3S3/c1-4-7-10-13-16-19-22-25-28-31-34-37-46-61-49-40-43-58-52-55-53(59-44-41-50-62-47-38-35-32-29-26-23-20-17-14-11-8-5-2)57-54(56-52)60-45-42-51-63-48-39-36-33-30-27-24-21-18-15-12-9-6-3/h4-51H2,1-3H3. The van der Waals surface area contributed by atoms with Crippen molar-refractivity contribution in [3.8, 4) is 18.0 Å². The van der Waals surface area contributed by atoms with E-state index in [1.54, 1.807) is 0 Å². The quantitative estimate of drug-likeness (QED) is 0.0594. The Kier molecular flexibility index (Phi) is 50.3. The average molecular weight is 941 g/mol. The van der Waals surface area contributed by atoms with Gasteiger partial charge in [-0.2, -0.15) is 35.3 Å². The molecule has 0 bridgehead atoms. The summed E-state index contributed by atoms with van der Waals surface area (Å²) in [5.74, 6) is 7.04. The molecular weight excluding hydrogens is 835 g/mol. The van der Waals surface area contributed by atoms with Crippen LogP contribution in [0.2, 0.25) is 0 Å². The molecule has 6 nitrogen and oxygen atoms in total. The van der Waals surface area contributed by atoms with E-state index in [0.717, 1.165) is 36.5 Å². The summed E-state index contributed by atoms with van der Waals surface area (Å²) in [4.78, 5) is 13.6. The molecule has 0 amide bonds. The van der Waals surface area contributed by atoms with Crippen molar-refractivity contribution in [3.63, 3.8) is 0 Å². The number of nitrogens with zero attached hydrogens (tertiary/aromatic N) is 3. The second-order valence-corrected chi connectivity index (χ2v) is 22.0. The Balaban J connectivity index is 2.25.